The van der Waals surface area contributed by atoms with Crippen LogP contribution in [0.15, 0.2) is 30.3 Å². The number of rotatable bonds is 4. The minimum Gasteiger partial charge on any atom is -0.369 e. The highest BCUT2D eigenvalue weighted by Crippen LogP contribution is 2.24. The van der Waals surface area contributed by atoms with Crippen LogP contribution in [0.5, 0.6) is 0 Å². The molecule has 1 aromatic rings. The number of carbonyl (C=O) groups is 2. The van der Waals surface area contributed by atoms with E-state index in [1.54, 1.807) is 30.3 Å². The van der Waals surface area contributed by atoms with E-state index in [0.29, 0.717) is 18.4 Å². The molecule has 2 rings (SSSR count). The number of primary amides is 1. The summed E-state index contributed by atoms with van der Waals surface area (Å²) in [5, 5.41) is 2.07. The summed E-state index contributed by atoms with van der Waals surface area (Å²) in [7, 11) is 0. The van der Waals surface area contributed by atoms with Gasteiger partial charge >= 0.3 is 12.2 Å². The van der Waals surface area contributed by atoms with E-state index < -0.39 is 24.2 Å². The van der Waals surface area contributed by atoms with Crippen molar-refractivity contribution in [3.8, 4) is 0 Å². The molecule has 1 aliphatic heterocycles. The molecule has 24 heavy (non-hydrogen) atoms. The Kier molecular flexibility index (Phi) is 5.69. The number of alkyl halides is 3. The fourth-order valence-corrected chi connectivity index (χ4v) is 2.71. The molecule has 3 amide bonds. The van der Waals surface area contributed by atoms with Gasteiger partial charge in [0.15, 0.2) is 0 Å². The summed E-state index contributed by atoms with van der Waals surface area (Å²) in [4.78, 5) is 24.5. The summed E-state index contributed by atoms with van der Waals surface area (Å²) in [5.74, 6) is -0.760. The Hall–Kier alpha value is -2.25. The highest BCUT2D eigenvalue weighted by atomic mass is 19.4. The lowest BCUT2D eigenvalue weighted by atomic mass is 9.96. The third kappa shape index (κ3) is 4.87. The zero-order valence-corrected chi connectivity index (χ0v) is 13.1. The Morgan fingerprint density at radius 2 is 1.79 bits per heavy atom. The molecule has 0 aromatic heterocycles. The molecule has 0 aliphatic carbocycles. The predicted molar refractivity (Wildman–Crippen MR) is 82.0 cm³/mol. The molecule has 1 heterocycles. The number of nitrogens with one attached hydrogen (secondary N) is 1. The lowest BCUT2D eigenvalue weighted by molar-refractivity contribution is -0.153. The van der Waals surface area contributed by atoms with Crippen LogP contribution in [0.3, 0.4) is 0 Å². The standard InChI is InChI=1S/C16H20F3N3O2/c17-16(18,19)13(10-11-4-2-1-3-5-11)21-15(24)22-8-6-12(7-9-22)14(20)23/h1-5,12-13H,6-10H2,(H2,20,23)(H,21,24). The Balaban J connectivity index is 1.97. The Labute approximate surface area is 138 Å². The van der Waals surface area contributed by atoms with Crippen LogP contribution in [0, 0.1) is 5.92 Å². The van der Waals surface area contributed by atoms with E-state index >= 15 is 0 Å². The van der Waals surface area contributed by atoms with Gasteiger partial charge in [0, 0.05) is 25.4 Å². The zero-order valence-electron chi connectivity index (χ0n) is 13.1. The van der Waals surface area contributed by atoms with Gasteiger partial charge in [0.25, 0.3) is 0 Å². The average molecular weight is 343 g/mol. The number of likely N-dealkylation sites (tertiary alicyclic amines) is 1. The van der Waals surface area contributed by atoms with Gasteiger partial charge in [0.2, 0.25) is 5.91 Å². The molecule has 0 spiro atoms. The van der Waals surface area contributed by atoms with Crippen LogP contribution in [0.1, 0.15) is 18.4 Å². The number of amides is 3. The Bertz CT molecular complexity index is 570. The van der Waals surface area contributed by atoms with Crippen molar-refractivity contribution < 1.29 is 22.8 Å². The minimum absolute atomic E-state index is 0.218. The molecule has 0 saturated carbocycles. The first-order chi connectivity index (χ1) is 11.3. The fourth-order valence-electron chi connectivity index (χ4n) is 2.71. The molecule has 0 radical (unpaired) electrons. The maximum Gasteiger partial charge on any atom is 0.408 e. The van der Waals surface area contributed by atoms with Crippen LogP contribution in [0.2, 0.25) is 0 Å². The van der Waals surface area contributed by atoms with Gasteiger partial charge in [0.1, 0.15) is 6.04 Å². The average Bonchev–Trinajstić information content (AvgIpc) is 2.54. The molecule has 1 fully saturated rings. The number of hydrogen-bond acceptors (Lipinski definition) is 2. The van der Waals surface area contributed by atoms with Gasteiger partial charge in [-0.1, -0.05) is 30.3 Å². The number of carbonyl (C=O) groups excluding carboxylic acids is 2. The number of benzene rings is 1. The molecule has 8 heteroatoms. The SMILES string of the molecule is NC(=O)C1CCN(C(=O)NC(Cc2ccccc2)C(F)(F)F)CC1. The van der Waals surface area contributed by atoms with Crippen molar-refractivity contribution in [1.82, 2.24) is 10.2 Å². The highest BCUT2D eigenvalue weighted by molar-refractivity contribution is 5.78. The summed E-state index contributed by atoms with van der Waals surface area (Å²) in [5.41, 5.74) is 5.70. The predicted octanol–water partition coefficient (Wildman–Crippen LogP) is 2.07. The van der Waals surface area contributed by atoms with Gasteiger partial charge < -0.3 is 16.0 Å². The zero-order chi connectivity index (χ0) is 17.7. The molecule has 3 N–H and O–H groups in total. The lowest BCUT2D eigenvalue weighted by Crippen LogP contribution is -2.53. The maximum atomic E-state index is 13.2. The van der Waals surface area contributed by atoms with Crippen LogP contribution in [0.4, 0.5) is 18.0 Å². The van der Waals surface area contributed by atoms with E-state index in [4.69, 9.17) is 5.73 Å². The normalized spacial score (nSPS) is 17.4. The van der Waals surface area contributed by atoms with E-state index in [1.165, 1.54) is 4.90 Å². The molecular formula is C16H20F3N3O2. The number of hydrogen-bond donors (Lipinski definition) is 2. The molecule has 5 nitrogen and oxygen atoms in total. The molecule has 1 saturated heterocycles. The summed E-state index contributed by atoms with van der Waals surface area (Å²) >= 11 is 0. The van der Waals surface area contributed by atoms with E-state index in [-0.39, 0.29) is 25.4 Å². The molecule has 1 aliphatic rings. The fraction of sp³-hybridized carbons (Fsp3) is 0.500. The lowest BCUT2D eigenvalue weighted by Gasteiger charge is -2.32. The van der Waals surface area contributed by atoms with E-state index in [0.717, 1.165) is 0 Å². The van der Waals surface area contributed by atoms with Gasteiger partial charge in [0.05, 0.1) is 0 Å². The van der Waals surface area contributed by atoms with Crippen LogP contribution < -0.4 is 11.1 Å². The largest absolute Gasteiger partial charge is 0.408 e. The number of halogens is 3. The summed E-state index contributed by atoms with van der Waals surface area (Å²) in [6.45, 7) is 0.435. The van der Waals surface area contributed by atoms with Crippen molar-refractivity contribution in [2.45, 2.75) is 31.5 Å². The second-order valence-electron chi connectivity index (χ2n) is 5.90. The molecule has 132 valence electrons. The van der Waals surface area contributed by atoms with Crippen LogP contribution in [-0.2, 0) is 11.2 Å². The van der Waals surface area contributed by atoms with Crippen molar-refractivity contribution in [2.24, 2.45) is 11.7 Å². The van der Waals surface area contributed by atoms with Gasteiger partial charge in [-0.2, -0.15) is 13.2 Å². The molecular weight excluding hydrogens is 323 g/mol. The molecule has 1 unspecified atom stereocenters. The monoisotopic (exact) mass is 343 g/mol. The van der Waals surface area contributed by atoms with Gasteiger partial charge in [-0.3, -0.25) is 4.79 Å². The summed E-state index contributed by atoms with van der Waals surface area (Å²) in [6, 6.07) is 5.47. The van der Waals surface area contributed by atoms with Crippen molar-refractivity contribution in [1.29, 1.82) is 0 Å². The topological polar surface area (TPSA) is 75.4 Å². The van der Waals surface area contributed by atoms with Crippen LogP contribution >= 0.6 is 0 Å². The van der Waals surface area contributed by atoms with Crippen LogP contribution in [0.25, 0.3) is 0 Å². The van der Waals surface area contributed by atoms with E-state index in [9.17, 15) is 22.8 Å². The second kappa shape index (κ2) is 7.55. The smallest absolute Gasteiger partial charge is 0.369 e. The number of piperidine rings is 1. The first-order valence-corrected chi connectivity index (χ1v) is 7.72. The van der Waals surface area contributed by atoms with E-state index in [1.807, 2.05) is 0 Å². The third-order valence-corrected chi connectivity index (χ3v) is 4.16. The van der Waals surface area contributed by atoms with Crippen LogP contribution in [-0.4, -0.2) is 42.1 Å². The number of urea groups is 1. The van der Waals surface area contributed by atoms with Crippen molar-refractivity contribution >= 4 is 11.9 Å². The second-order valence-corrected chi connectivity index (χ2v) is 5.90. The Morgan fingerprint density at radius 3 is 2.29 bits per heavy atom. The highest BCUT2D eigenvalue weighted by Gasteiger charge is 2.41. The van der Waals surface area contributed by atoms with Gasteiger partial charge in [-0.25, -0.2) is 4.79 Å². The van der Waals surface area contributed by atoms with Gasteiger partial charge in [-0.15, -0.1) is 0 Å². The summed E-state index contributed by atoms with van der Waals surface area (Å²) in [6.07, 6.45) is -4.12. The van der Waals surface area contributed by atoms with Gasteiger partial charge in [-0.05, 0) is 18.4 Å². The Morgan fingerprint density at radius 1 is 1.21 bits per heavy atom. The first kappa shape index (κ1) is 18.1. The molecule has 0 bridgehead atoms. The third-order valence-electron chi connectivity index (χ3n) is 4.16. The maximum absolute atomic E-state index is 13.2. The van der Waals surface area contributed by atoms with Crippen molar-refractivity contribution in [3.63, 3.8) is 0 Å². The first-order valence-electron chi connectivity index (χ1n) is 7.72. The quantitative estimate of drug-likeness (QED) is 0.878. The van der Waals surface area contributed by atoms with Crippen molar-refractivity contribution in [3.05, 3.63) is 35.9 Å². The number of nitrogens with two attached hydrogens (primary N) is 1. The summed E-state index contributed by atoms with van der Waals surface area (Å²) < 4.78 is 39.6. The van der Waals surface area contributed by atoms with Crippen molar-refractivity contribution in [2.75, 3.05) is 13.1 Å². The van der Waals surface area contributed by atoms with E-state index in [2.05, 4.69) is 5.32 Å². The molecule has 1 aromatic carbocycles. The minimum atomic E-state index is -4.54. The number of nitrogens with zero attached hydrogens (tertiary/aromatic N) is 1. The molecule has 1 atom stereocenters.